The molecule has 0 aliphatic rings. The van der Waals surface area contributed by atoms with Crippen LogP contribution in [0.4, 0.5) is 8.78 Å². The molecule has 0 radical (unpaired) electrons. The average molecular weight is 290 g/mol. The SMILES string of the molecule is NCc1ccc(CC(=O)NCc2cc(F)ccc2F)cc1. The van der Waals surface area contributed by atoms with Crippen LogP contribution in [-0.4, -0.2) is 5.91 Å². The Morgan fingerprint density at radius 2 is 1.71 bits per heavy atom. The lowest BCUT2D eigenvalue weighted by atomic mass is 10.1. The summed E-state index contributed by atoms with van der Waals surface area (Å²) in [4.78, 5) is 11.8. The number of rotatable bonds is 5. The summed E-state index contributed by atoms with van der Waals surface area (Å²) in [5.41, 5.74) is 7.45. The minimum absolute atomic E-state index is 0.0384. The van der Waals surface area contributed by atoms with Gasteiger partial charge in [0, 0.05) is 18.7 Å². The fraction of sp³-hybridized carbons (Fsp3) is 0.188. The molecule has 0 spiro atoms. The second kappa shape index (κ2) is 6.95. The molecule has 0 bridgehead atoms. The molecule has 0 saturated heterocycles. The molecule has 0 fully saturated rings. The van der Waals surface area contributed by atoms with Crippen molar-refractivity contribution in [3.05, 3.63) is 70.8 Å². The number of amides is 1. The number of halogens is 2. The smallest absolute Gasteiger partial charge is 0.224 e. The van der Waals surface area contributed by atoms with Crippen LogP contribution in [0.3, 0.4) is 0 Å². The maximum absolute atomic E-state index is 13.4. The Labute approximate surface area is 121 Å². The number of nitrogens with one attached hydrogen (secondary N) is 1. The molecule has 2 aromatic rings. The van der Waals surface area contributed by atoms with Crippen LogP contribution in [0.15, 0.2) is 42.5 Å². The van der Waals surface area contributed by atoms with Gasteiger partial charge in [-0.05, 0) is 29.3 Å². The highest BCUT2D eigenvalue weighted by Crippen LogP contribution is 2.09. The van der Waals surface area contributed by atoms with Gasteiger partial charge in [-0.3, -0.25) is 4.79 Å². The van der Waals surface area contributed by atoms with Crippen molar-refractivity contribution in [3.63, 3.8) is 0 Å². The topological polar surface area (TPSA) is 55.1 Å². The van der Waals surface area contributed by atoms with Gasteiger partial charge < -0.3 is 11.1 Å². The van der Waals surface area contributed by atoms with Gasteiger partial charge in [-0.1, -0.05) is 24.3 Å². The third-order valence-electron chi connectivity index (χ3n) is 3.11. The lowest BCUT2D eigenvalue weighted by Gasteiger charge is -2.07. The van der Waals surface area contributed by atoms with Gasteiger partial charge in [-0.15, -0.1) is 0 Å². The first kappa shape index (κ1) is 15.1. The minimum atomic E-state index is -0.538. The summed E-state index contributed by atoms with van der Waals surface area (Å²) >= 11 is 0. The Kier molecular flexibility index (Phi) is 5.00. The monoisotopic (exact) mass is 290 g/mol. The van der Waals surface area contributed by atoms with Crippen molar-refractivity contribution < 1.29 is 13.6 Å². The van der Waals surface area contributed by atoms with Crippen molar-refractivity contribution in [2.45, 2.75) is 19.5 Å². The zero-order chi connectivity index (χ0) is 15.2. The molecular weight excluding hydrogens is 274 g/mol. The third-order valence-corrected chi connectivity index (χ3v) is 3.11. The van der Waals surface area contributed by atoms with Crippen molar-refractivity contribution >= 4 is 5.91 Å². The van der Waals surface area contributed by atoms with Gasteiger partial charge in [-0.2, -0.15) is 0 Å². The Morgan fingerprint density at radius 1 is 1.05 bits per heavy atom. The van der Waals surface area contributed by atoms with E-state index >= 15 is 0 Å². The van der Waals surface area contributed by atoms with Gasteiger partial charge in [0.25, 0.3) is 0 Å². The van der Waals surface area contributed by atoms with Crippen LogP contribution in [0.1, 0.15) is 16.7 Å². The molecule has 21 heavy (non-hydrogen) atoms. The van der Waals surface area contributed by atoms with Gasteiger partial charge >= 0.3 is 0 Å². The van der Waals surface area contributed by atoms with Gasteiger partial charge in [0.15, 0.2) is 0 Å². The van der Waals surface area contributed by atoms with Crippen molar-refractivity contribution in [2.24, 2.45) is 5.73 Å². The van der Waals surface area contributed by atoms with Crippen LogP contribution in [0.2, 0.25) is 0 Å². The molecule has 2 rings (SSSR count). The van der Waals surface area contributed by atoms with Gasteiger partial charge in [0.1, 0.15) is 11.6 Å². The molecule has 0 unspecified atom stereocenters. The summed E-state index contributed by atoms with van der Waals surface area (Å²) in [6.07, 6.45) is 0.182. The van der Waals surface area contributed by atoms with E-state index in [1.807, 2.05) is 24.3 Å². The number of carbonyl (C=O) groups excluding carboxylic acids is 1. The van der Waals surface area contributed by atoms with Gasteiger partial charge in [-0.25, -0.2) is 8.78 Å². The summed E-state index contributed by atoms with van der Waals surface area (Å²) < 4.78 is 26.4. The predicted octanol–water partition coefficient (Wildman–Crippen LogP) is 2.28. The lowest BCUT2D eigenvalue weighted by molar-refractivity contribution is -0.120. The summed E-state index contributed by atoms with van der Waals surface area (Å²) in [6, 6.07) is 10.5. The second-order valence-electron chi connectivity index (χ2n) is 4.71. The van der Waals surface area contributed by atoms with E-state index in [1.165, 1.54) is 0 Å². The predicted molar refractivity (Wildman–Crippen MR) is 76.2 cm³/mol. The van der Waals surface area contributed by atoms with E-state index in [0.29, 0.717) is 6.54 Å². The van der Waals surface area contributed by atoms with E-state index in [4.69, 9.17) is 5.73 Å². The zero-order valence-electron chi connectivity index (χ0n) is 11.4. The van der Waals surface area contributed by atoms with Crippen LogP contribution < -0.4 is 11.1 Å². The van der Waals surface area contributed by atoms with Crippen LogP contribution in [0.5, 0.6) is 0 Å². The van der Waals surface area contributed by atoms with Crippen molar-refractivity contribution in [1.29, 1.82) is 0 Å². The molecule has 0 aliphatic heterocycles. The lowest BCUT2D eigenvalue weighted by Crippen LogP contribution is -2.25. The first-order valence-electron chi connectivity index (χ1n) is 6.57. The normalized spacial score (nSPS) is 10.4. The second-order valence-corrected chi connectivity index (χ2v) is 4.71. The van der Waals surface area contributed by atoms with E-state index in [2.05, 4.69) is 5.32 Å². The average Bonchev–Trinajstić information content (AvgIpc) is 2.49. The van der Waals surface area contributed by atoms with E-state index in [1.54, 1.807) is 0 Å². The Bertz CT molecular complexity index is 627. The molecule has 3 N–H and O–H groups in total. The Balaban J connectivity index is 1.91. The minimum Gasteiger partial charge on any atom is -0.352 e. The first-order valence-corrected chi connectivity index (χ1v) is 6.57. The molecule has 1 amide bonds. The van der Waals surface area contributed by atoms with Crippen molar-refractivity contribution in [1.82, 2.24) is 5.32 Å². The highest BCUT2D eigenvalue weighted by Gasteiger charge is 2.07. The summed E-state index contributed by atoms with van der Waals surface area (Å²) in [7, 11) is 0. The summed E-state index contributed by atoms with van der Waals surface area (Å²) in [5.74, 6) is -1.32. The standard InChI is InChI=1S/C16H16F2N2O/c17-14-5-6-15(18)13(8-14)10-20-16(21)7-11-1-3-12(9-19)4-2-11/h1-6,8H,7,9-10,19H2,(H,20,21). The molecule has 0 saturated carbocycles. The van der Waals surface area contributed by atoms with E-state index < -0.39 is 11.6 Å². The molecule has 0 aromatic heterocycles. The highest BCUT2D eigenvalue weighted by molar-refractivity contribution is 5.78. The molecule has 0 atom stereocenters. The fourth-order valence-electron chi connectivity index (χ4n) is 1.91. The number of benzene rings is 2. The molecule has 5 heteroatoms. The fourth-order valence-corrected chi connectivity index (χ4v) is 1.91. The molecule has 3 nitrogen and oxygen atoms in total. The summed E-state index contributed by atoms with van der Waals surface area (Å²) in [5, 5.41) is 2.57. The van der Waals surface area contributed by atoms with E-state index in [9.17, 15) is 13.6 Å². The van der Waals surface area contributed by atoms with Crippen LogP contribution in [0, 0.1) is 11.6 Å². The number of nitrogens with two attached hydrogens (primary N) is 1. The summed E-state index contributed by atoms with van der Waals surface area (Å²) in [6.45, 7) is 0.411. The third kappa shape index (κ3) is 4.36. The quantitative estimate of drug-likeness (QED) is 0.887. The maximum Gasteiger partial charge on any atom is 0.224 e. The molecule has 110 valence electrons. The number of hydrogen-bond donors (Lipinski definition) is 2. The van der Waals surface area contributed by atoms with E-state index in [0.717, 1.165) is 29.3 Å². The number of hydrogen-bond acceptors (Lipinski definition) is 2. The van der Waals surface area contributed by atoms with Crippen LogP contribution in [-0.2, 0) is 24.3 Å². The molecule has 0 aliphatic carbocycles. The van der Waals surface area contributed by atoms with Crippen molar-refractivity contribution in [2.75, 3.05) is 0 Å². The number of carbonyl (C=O) groups is 1. The van der Waals surface area contributed by atoms with Crippen molar-refractivity contribution in [3.8, 4) is 0 Å². The Hall–Kier alpha value is -2.27. The molecular formula is C16H16F2N2O. The van der Waals surface area contributed by atoms with Gasteiger partial charge in [0.05, 0.1) is 6.42 Å². The van der Waals surface area contributed by atoms with E-state index in [-0.39, 0.29) is 24.4 Å². The highest BCUT2D eigenvalue weighted by atomic mass is 19.1. The van der Waals surface area contributed by atoms with Crippen LogP contribution >= 0.6 is 0 Å². The molecule has 0 heterocycles. The first-order chi connectivity index (χ1) is 10.1. The maximum atomic E-state index is 13.4. The molecule has 2 aromatic carbocycles. The largest absolute Gasteiger partial charge is 0.352 e. The van der Waals surface area contributed by atoms with Crippen LogP contribution in [0.25, 0.3) is 0 Å². The zero-order valence-corrected chi connectivity index (χ0v) is 11.4. The Morgan fingerprint density at radius 3 is 2.38 bits per heavy atom. The van der Waals surface area contributed by atoms with Gasteiger partial charge in [0.2, 0.25) is 5.91 Å².